The van der Waals surface area contributed by atoms with Gasteiger partial charge in [0.1, 0.15) is 5.75 Å². The molecule has 1 unspecified atom stereocenters. The molecule has 0 saturated carbocycles. The van der Waals surface area contributed by atoms with Crippen molar-refractivity contribution >= 4 is 12.6 Å². The summed E-state index contributed by atoms with van der Waals surface area (Å²) in [7, 11) is -0.431. The monoisotopic (exact) mass is 287 g/mol. The van der Waals surface area contributed by atoms with Crippen molar-refractivity contribution in [3.8, 4) is 18.1 Å². The zero-order valence-electron chi connectivity index (χ0n) is 13.3. The van der Waals surface area contributed by atoms with Gasteiger partial charge in [0.25, 0.3) is 0 Å². The minimum atomic E-state index is -0.766. The van der Waals surface area contributed by atoms with Crippen LogP contribution < -0.4 is 15.9 Å². The number of terminal acetylenes is 1. The van der Waals surface area contributed by atoms with Crippen molar-refractivity contribution in [1.82, 2.24) is 0 Å². The Morgan fingerprint density at radius 1 is 1.24 bits per heavy atom. The van der Waals surface area contributed by atoms with Gasteiger partial charge in [-0.25, -0.2) is 0 Å². The Kier molecular flexibility index (Phi) is 4.07. The van der Waals surface area contributed by atoms with Crippen LogP contribution >= 0.6 is 0 Å². The van der Waals surface area contributed by atoms with E-state index in [0.29, 0.717) is 5.75 Å². The lowest BCUT2D eigenvalue weighted by Crippen LogP contribution is -2.41. The van der Waals surface area contributed by atoms with Gasteiger partial charge in [-0.2, -0.15) is 0 Å². The van der Waals surface area contributed by atoms with Gasteiger partial charge in [-0.15, -0.1) is 6.42 Å². The normalized spacial score (nSPS) is 20.9. The largest absolute Gasteiger partial charge is 0.494 e. The van der Waals surface area contributed by atoms with E-state index in [1.165, 1.54) is 0 Å². The highest BCUT2D eigenvalue weighted by Gasteiger charge is 2.51. The number of hydrogen-bond donors (Lipinski definition) is 1. The van der Waals surface area contributed by atoms with E-state index in [1.807, 2.05) is 52.8 Å². The Bertz CT molecular complexity index is 561. The zero-order chi connectivity index (χ0) is 15.8. The first-order valence-electron chi connectivity index (χ1n) is 7.01. The van der Waals surface area contributed by atoms with Crippen molar-refractivity contribution < 1.29 is 14.0 Å². The lowest BCUT2D eigenvalue weighted by molar-refractivity contribution is 0.00578. The molecule has 21 heavy (non-hydrogen) atoms. The van der Waals surface area contributed by atoms with E-state index >= 15 is 0 Å². The standard InChI is InChI=1S/C16H22BNO3/c1-7-14(18)19-13-10-12(9-8-11(13)2)17-20-15(3,4)16(5,6)21-17/h1,8-10,14H,18H2,2-6H3. The maximum atomic E-state index is 6.03. The van der Waals surface area contributed by atoms with Crippen LogP contribution in [0.3, 0.4) is 0 Å². The van der Waals surface area contributed by atoms with Crippen molar-refractivity contribution in [3.05, 3.63) is 23.8 Å². The molecule has 2 rings (SSSR count). The number of rotatable bonds is 3. The van der Waals surface area contributed by atoms with Crippen molar-refractivity contribution in [2.75, 3.05) is 0 Å². The van der Waals surface area contributed by atoms with Crippen molar-refractivity contribution in [1.29, 1.82) is 0 Å². The topological polar surface area (TPSA) is 53.7 Å². The summed E-state index contributed by atoms with van der Waals surface area (Å²) < 4.78 is 17.6. The molecule has 2 N–H and O–H groups in total. The molecule has 1 atom stereocenters. The molecule has 0 aromatic heterocycles. The van der Waals surface area contributed by atoms with Gasteiger partial charge < -0.3 is 14.0 Å². The summed E-state index contributed by atoms with van der Waals surface area (Å²) in [5.74, 6) is 2.99. The summed E-state index contributed by atoms with van der Waals surface area (Å²) in [5.41, 5.74) is 6.74. The second-order valence-corrected chi connectivity index (χ2v) is 6.32. The van der Waals surface area contributed by atoms with Crippen LogP contribution in [0.25, 0.3) is 0 Å². The predicted octanol–water partition coefficient (Wildman–Crippen LogP) is 1.59. The molecular weight excluding hydrogens is 265 g/mol. The molecule has 0 amide bonds. The highest BCUT2D eigenvalue weighted by molar-refractivity contribution is 6.62. The summed E-state index contributed by atoms with van der Waals surface area (Å²) in [5, 5.41) is 0. The van der Waals surface area contributed by atoms with Gasteiger partial charge in [0.05, 0.1) is 11.2 Å². The van der Waals surface area contributed by atoms with Crippen molar-refractivity contribution in [2.24, 2.45) is 5.73 Å². The van der Waals surface area contributed by atoms with Crippen LogP contribution in [-0.2, 0) is 9.31 Å². The van der Waals surface area contributed by atoms with Crippen LogP contribution in [0, 0.1) is 19.3 Å². The van der Waals surface area contributed by atoms with Gasteiger partial charge in [-0.05, 0) is 57.6 Å². The molecule has 1 aromatic rings. The molecular formula is C16H22BNO3. The van der Waals surface area contributed by atoms with Gasteiger partial charge in [0.15, 0.2) is 0 Å². The fraction of sp³-hybridized carbons (Fsp3) is 0.500. The molecule has 1 saturated heterocycles. The van der Waals surface area contributed by atoms with E-state index < -0.39 is 13.3 Å². The molecule has 0 bridgehead atoms. The van der Waals surface area contributed by atoms with Crippen molar-refractivity contribution in [3.63, 3.8) is 0 Å². The smallest absolute Gasteiger partial charge is 0.464 e. The fourth-order valence-electron chi connectivity index (χ4n) is 2.04. The van der Waals surface area contributed by atoms with Crippen LogP contribution in [-0.4, -0.2) is 24.5 Å². The first kappa shape index (κ1) is 15.9. The molecule has 1 aliphatic rings. The Morgan fingerprint density at radius 2 is 1.81 bits per heavy atom. The van der Waals surface area contributed by atoms with Gasteiger partial charge >= 0.3 is 7.12 Å². The van der Waals surface area contributed by atoms with Gasteiger partial charge in [0.2, 0.25) is 6.23 Å². The summed E-state index contributed by atoms with van der Waals surface area (Å²) >= 11 is 0. The van der Waals surface area contributed by atoms with Gasteiger partial charge in [0, 0.05) is 0 Å². The first-order chi connectivity index (χ1) is 9.66. The number of ether oxygens (including phenoxy) is 1. The molecule has 112 valence electrons. The third-order valence-corrected chi connectivity index (χ3v) is 4.16. The van der Waals surface area contributed by atoms with Gasteiger partial charge in [-0.3, -0.25) is 5.73 Å². The molecule has 1 heterocycles. The number of benzene rings is 1. The van der Waals surface area contributed by atoms with E-state index in [4.69, 9.17) is 26.2 Å². The van der Waals surface area contributed by atoms with Crippen LogP contribution in [0.4, 0.5) is 0 Å². The average Bonchev–Trinajstić information content (AvgIpc) is 2.61. The molecule has 1 aromatic carbocycles. The molecule has 4 nitrogen and oxygen atoms in total. The predicted molar refractivity (Wildman–Crippen MR) is 84.3 cm³/mol. The molecule has 5 heteroatoms. The van der Waals surface area contributed by atoms with Crippen LogP contribution in [0.2, 0.25) is 0 Å². The lowest BCUT2D eigenvalue weighted by atomic mass is 9.78. The second kappa shape index (κ2) is 5.38. The summed E-state index contributed by atoms with van der Waals surface area (Å²) in [6.45, 7) is 10.0. The Balaban J connectivity index is 2.27. The van der Waals surface area contributed by atoms with E-state index in [0.717, 1.165) is 11.0 Å². The third-order valence-electron chi connectivity index (χ3n) is 4.16. The fourth-order valence-corrected chi connectivity index (χ4v) is 2.04. The van der Waals surface area contributed by atoms with Crippen LogP contribution in [0.5, 0.6) is 5.75 Å². The third kappa shape index (κ3) is 3.08. The number of hydrogen-bond acceptors (Lipinski definition) is 4. The molecule has 0 aliphatic carbocycles. The number of aryl methyl sites for hydroxylation is 1. The summed E-state index contributed by atoms with van der Waals surface area (Å²) in [4.78, 5) is 0. The maximum Gasteiger partial charge on any atom is 0.494 e. The molecule has 0 radical (unpaired) electrons. The van der Waals surface area contributed by atoms with E-state index in [2.05, 4.69) is 5.92 Å². The first-order valence-corrected chi connectivity index (χ1v) is 7.01. The van der Waals surface area contributed by atoms with Crippen molar-refractivity contribution in [2.45, 2.75) is 52.0 Å². The Labute approximate surface area is 127 Å². The average molecular weight is 287 g/mol. The zero-order valence-corrected chi connectivity index (χ0v) is 13.3. The highest BCUT2D eigenvalue weighted by Crippen LogP contribution is 2.36. The van der Waals surface area contributed by atoms with Gasteiger partial charge in [-0.1, -0.05) is 12.1 Å². The minimum absolute atomic E-state index is 0.376. The maximum absolute atomic E-state index is 6.03. The quantitative estimate of drug-likeness (QED) is 0.521. The Morgan fingerprint density at radius 3 is 2.33 bits per heavy atom. The summed E-state index contributed by atoms with van der Waals surface area (Å²) in [6.07, 6.45) is 4.49. The van der Waals surface area contributed by atoms with Crippen LogP contribution in [0.15, 0.2) is 18.2 Å². The second-order valence-electron chi connectivity index (χ2n) is 6.32. The van der Waals surface area contributed by atoms with E-state index in [9.17, 15) is 0 Å². The van der Waals surface area contributed by atoms with E-state index in [-0.39, 0.29) is 11.2 Å². The Hall–Kier alpha value is -1.48. The number of nitrogens with two attached hydrogens (primary N) is 1. The van der Waals surface area contributed by atoms with Crippen LogP contribution in [0.1, 0.15) is 33.3 Å². The SMILES string of the molecule is C#CC(N)Oc1cc(B2OC(C)(C)C(C)(C)O2)ccc1C. The molecule has 1 aliphatic heterocycles. The summed E-state index contributed by atoms with van der Waals surface area (Å²) in [6, 6.07) is 5.78. The lowest BCUT2D eigenvalue weighted by Gasteiger charge is -2.32. The molecule has 1 fully saturated rings. The molecule has 0 spiro atoms. The highest BCUT2D eigenvalue weighted by atomic mass is 16.7. The van der Waals surface area contributed by atoms with E-state index in [1.54, 1.807) is 0 Å². The minimum Gasteiger partial charge on any atom is -0.464 e.